The number of rotatable bonds is 10. The number of aryl methyl sites for hydroxylation is 1. The van der Waals surface area contributed by atoms with Crippen molar-refractivity contribution >= 4 is 5.91 Å². The third-order valence-corrected chi connectivity index (χ3v) is 4.81. The molecule has 0 saturated heterocycles. The number of amides is 1. The number of carbonyl (C=O) groups excluding carboxylic acids is 1. The molecule has 0 aliphatic rings. The van der Waals surface area contributed by atoms with Gasteiger partial charge in [-0.25, -0.2) is 0 Å². The van der Waals surface area contributed by atoms with E-state index in [0.717, 1.165) is 18.4 Å². The number of hydrogen-bond acceptors (Lipinski definition) is 4. The van der Waals surface area contributed by atoms with E-state index in [4.69, 9.17) is 14.2 Å². The number of nitrogens with one attached hydrogen (secondary N) is 1. The van der Waals surface area contributed by atoms with Crippen LogP contribution >= 0.6 is 0 Å². The minimum atomic E-state index is -0.540. The van der Waals surface area contributed by atoms with Gasteiger partial charge < -0.3 is 19.5 Å². The minimum Gasteiger partial charge on any atom is -0.493 e. The van der Waals surface area contributed by atoms with Gasteiger partial charge in [0.25, 0.3) is 5.91 Å². The highest BCUT2D eigenvalue weighted by molar-refractivity contribution is 5.81. The van der Waals surface area contributed by atoms with Gasteiger partial charge in [0.05, 0.1) is 20.3 Å². The predicted molar refractivity (Wildman–Crippen MR) is 111 cm³/mol. The second kappa shape index (κ2) is 10.6. The molecule has 0 aromatic heterocycles. The van der Waals surface area contributed by atoms with Gasteiger partial charge in [-0.15, -0.1) is 0 Å². The number of methoxy groups -OCH3 is 2. The van der Waals surface area contributed by atoms with E-state index in [9.17, 15) is 4.79 Å². The molecule has 0 aliphatic heterocycles. The van der Waals surface area contributed by atoms with Gasteiger partial charge in [0.1, 0.15) is 5.75 Å². The van der Waals surface area contributed by atoms with Crippen LogP contribution in [0.25, 0.3) is 0 Å². The van der Waals surface area contributed by atoms with Gasteiger partial charge in [-0.05, 0) is 54.7 Å². The van der Waals surface area contributed by atoms with Gasteiger partial charge >= 0.3 is 0 Å². The van der Waals surface area contributed by atoms with Crippen LogP contribution < -0.4 is 19.5 Å². The van der Waals surface area contributed by atoms with Crippen molar-refractivity contribution in [2.24, 2.45) is 0 Å². The van der Waals surface area contributed by atoms with Crippen LogP contribution in [0, 0.1) is 0 Å². The lowest BCUT2D eigenvalue weighted by atomic mass is 10.0. The summed E-state index contributed by atoms with van der Waals surface area (Å²) >= 11 is 0. The van der Waals surface area contributed by atoms with Gasteiger partial charge in [-0.1, -0.05) is 39.0 Å². The maximum absolute atomic E-state index is 12.8. The highest BCUT2D eigenvalue weighted by Crippen LogP contribution is 2.31. The van der Waals surface area contributed by atoms with Crippen molar-refractivity contribution in [2.45, 2.75) is 52.2 Å². The maximum Gasteiger partial charge on any atom is 0.261 e. The first-order valence-electron chi connectivity index (χ1n) is 9.84. The number of carbonyl (C=O) groups is 1. The van der Waals surface area contributed by atoms with Crippen LogP contribution in [0.3, 0.4) is 0 Å². The van der Waals surface area contributed by atoms with E-state index in [2.05, 4.69) is 12.2 Å². The molecule has 152 valence electrons. The Hall–Kier alpha value is -2.69. The Labute approximate surface area is 168 Å². The van der Waals surface area contributed by atoms with Crippen molar-refractivity contribution < 1.29 is 19.0 Å². The molecular weight excluding hydrogens is 354 g/mol. The Morgan fingerprint density at radius 2 is 1.61 bits per heavy atom. The van der Waals surface area contributed by atoms with Crippen molar-refractivity contribution in [3.8, 4) is 17.2 Å². The zero-order valence-electron chi connectivity index (χ0n) is 17.5. The lowest BCUT2D eigenvalue weighted by Gasteiger charge is -2.23. The fourth-order valence-corrected chi connectivity index (χ4v) is 3.05. The third kappa shape index (κ3) is 5.41. The molecule has 28 heavy (non-hydrogen) atoms. The normalized spacial score (nSPS) is 12.8. The molecule has 0 radical (unpaired) electrons. The first kappa shape index (κ1) is 21.6. The number of hydrogen-bond donors (Lipinski definition) is 1. The molecule has 0 unspecified atom stereocenters. The second-order valence-corrected chi connectivity index (χ2v) is 6.60. The summed E-state index contributed by atoms with van der Waals surface area (Å²) in [4.78, 5) is 12.8. The molecule has 0 bridgehead atoms. The van der Waals surface area contributed by atoms with Crippen LogP contribution in [0.5, 0.6) is 17.2 Å². The predicted octanol–water partition coefficient (Wildman–Crippen LogP) is 4.69. The Morgan fingerprint density at radius 3 is 2.14 bits per heavy atom. The first-order chi connectivity index (χ1) is 13.6. The van der Waals surface area contributed by atoms with E-state index in [-0.39, 0.29) is 11.9 Å². The summed E-state index contributed by atoms with van der Waals surface area (Å²) in [5.74, 6) is 1.90. The van der Waals surface area contributed by atoms with Crippen LogP contribution in [0.4, 0.5) is 0 Å². The second-order valence-electron chi connectivity index (χ2n) is 6.60. The summed E-state index contributed by atoms with van der Waals surface area (Å²) in [6, 6.07) is 13.5. The van der Waals surface area contributed by atoms with E-state index in [0.29, 0.717) is 23.7 Å². The summed E-state index contributed by atoms with van der Waals surface area (Å²) < 4.78 is 16.6. The zero-order chi connectivity index (χ0) is 20.5. The summed E-state index contributed by atoms with van der Waals surface area (Å²) in [6.45, 7) is 6.09. The third-order valence-electron chi connectivity index (χ3n) is 4.81. The van der Waals surface area contributed by atoms with E-state index in [1.165, 1.54) is 5.56 Å². The van der Waals surface area contributed by atoms with Crippen molar-refractivity contribution in [3.63, 3.8) is 0 Å². The molecule has 0 saturated carbocycles. The van der Waals surface area contributed by atoms with Crippen LogP contribution in [-0.2, 0) is 11.2 Å². The quantitative estimate of drug-likeness (QED) is 0.644. The van der Waals surface area contributed by atoms with Crippen molar-refractivity contribution in [1.82, 2.24) is 5.32 Å². The van der Waals surface area contributed by atoms with Gasteiger partial charge in [0, 0.05) is 0 Å². The molecule has 2 aromatic carbocycles. The first-order valence-corrected chi connectivity index (χ1v) is 9.84. The van der Waals surface area contributed by atoms with E-state index in [1.54, 1.807) is 14.2 Å². The zero-order valence-corrected chi connectivity index (χ0v) is 17.5. The van der Waals surface area contributed by atoms with Crippen molar-refractivity contribution in [3.05, 3.63) is 53.6 Å². The summed E-state index contributed by atoms with van der Waals surface area (Å²) in [7, 11) is 3.21. The van der Waals surface area contributed by atoms with E-state index >= 15 is 0 Å². The maximum atomic E-state index is 12.8. The largest absolute Gasteiger partial charge is 0.493 e. The summed E-state index contributed by atoms with van der Waals surface area (Å²) in [5.41, 5.74) is 2.21. The molecule has 5 nitrogen and oxygen atoms in total. The van der Waals surface area contributed by atoms with Crippen molar-refractivity contribution in [2.75, 3.05) is 14.2 Å². The highest BCUT2D eigenvalue weighted by atomic mass is 16.5. The molecule has 0 fully saturated rings. The molecule has 2 atom stereocenters. The average Bonchev–Trinajstić information content (AvgIpc) is 2.75. The lowest BCUT2D eigenvalue weighted by Crippen LogP contribution is -2.39. The summed E-state index contributed by atoms with van der Waals surface area (Å²) in [6.07, 6.45) is 1.77. The fraction of sp³-hybridized carbons (Fsp3) is 0.435. The molecule has 5 heteroatoms. The molecule has 0 spiro atoms. The molecular formula is C23H31NO4. The minimum absolute atomic E-state index is 0.122. The van der Waals surface area contributed by atoms with Crippen LogP contribution in [-0.4, -0.2) is 26.2 Å². The molecule has 2 aromatic rings. The summed E-state index contributed by atoms with van der Waals surface area (Å²) in [5, 5.41) is 3.11. The molecule has 1 amide bonds. The topological polar surface area (TPSA) is 56.8 Å². The monoisotopic (exact) mass is 385 g/mol. The lowest BCUT2D eigenvalue weighted by molar-refractivity contribution is -0.128. The molecule has 0 aliphatic carbocycles. The Kier molecular flexibility index (Phi) is 8.18. The Bertz CT molecular complexity index is 758. The SMILES string of the molecule is CCc1ccc(O[C@@H](CC)C(=O)N[C@@H](CC)c2ccc(OC)c(OC)c2)cc1. The van der Waals surface area contributed by atoms with Gasteiger partial charge in [-0.3, -0.25) is 4.79 Å². The molecule has 1 N–H and O–H groups in total. The average molecular weight is 386 g/mol. The Morgan fingerprint density at radius 1 is 0.929 bits per heavy atom. The van der Waals surface area contributed by atoms with Crippen LogP contribution in [0.1, 0.15) is 50.8 Å². The van der Waals surface area contributed by atoms with E-state index in [1.807, 2.05) is 56.3 Å². The van der Waals surface area contributed by atoms with Gasteiger partial charge in [0.15, 0.2) is 17.6 Å². The number of ether oxygens (including phenoxy) is 3. The van der Waals surface area contributed by atoms with Crippen molar-refractivity contribution in [1.29, 1.82) is 0 Å². The van der Waals surface area contributed by atoms with Gasteiger partial charge in [0.2, 0.25) is 0 Å². The molecule has 2 rings (SSSR count). The Balaban J connectivity index is 2.10. The van der Waals surface area contributed by atoms with Crippen LogP contribution in [0.2, 0.25) is 0 Å². The van der Waals surface area contributed by atoms with E-state index < -0.39 is 6.10 Å². The smallest absolute Gasteiger partial charge is 0.261 e. The molecule has 0 heterocycles. The fourth-order valence-electron chi connectivity index (χ4n) is 3.05. The highest BCUT2D eigenvalue weighted by Gasteiger charge is 2.22. The standard InChI is InChI=1S/C23H31NO4/c1-6-16-9-12-18(13-10-16)28-20(8-3)23(25)24-19(7-2)17-11-14-21(26-4)22(15-17)27-5/h9-15,19-20H,6-8H2,1-5H3,(H,24,25)/t19-,20-/m0/s1. The number of benzene rings is 2. The van der Waals surface area contributed by atoms with Gasteiger partial charge in [-0.2, -0.15) is 0 Å². The van der Waals surface area contributed by atoms with Crippen LogP contribution in [0.15, 0.2) is 42.5 Å².